The Morgan fingerprint density at radius 1 is 1.83 bits per heavy atom. The van der Waals surface area contributed by atoms with Crippen molar-refractivity contribution in [2.24, 2.45) is 0 Å². The summed E-state index contributed by atoms with van der Waals surface area (Å²) in [7, 11) is 0. The largest absolute Gasteiger partial charge is 0.462 e. The lowest BCUT2D eigenvalue weighted by Crippen LogP contribution is -2.11. The molecular formula is C9H12O3. The van der Waals surface area contributed by atoms with Gasteiger partial charge in [0.25, 0.3) is 0 Å². The zero-order valence-electron chi connectivity index (χ0n) is 6.99. The van der Waals surface area contributed by atoms with Crippen LogP contribution in [0, 0.1) is 0 Å². The van der Waals surface area contributed by atoms with E-state index in [4.69, 9.17) is 9.84 Å². The van der Waals surface area contributed by atoms with Crippen LogP contribution in [0.2, 0.25) is 0 Å². The Labute approximate surface area is 71.3 Å². The zero-order valence-corrected chi connectivity index (χ0v) is 6.99. The maximum Gasteiger partial charge on any atom is 0.337 e. The van der Waals surface area contributed by atoms with Gasteiger partial charge in [-0.15, -0.1) is 0 Å². The van der Waals surface area contributed by atoms with Crippen LogP contribution < -0.4 is 0 Å². The molecule has 0 fully saturated rings. The Balaban J connectivity index is 2.54. The molecule has 0 aromatic heterocycles. The number of ether oxygens (including phenoxy) is 1. The van der Waals surface area contributed by atoms with E-state index in [-0.39, 0.29) is 5.97 Å². The van der Waals surface area contributed by atoms with Crippen LogP contribution in [0.1, 0.15) is 13.3 Å². The molecule has 1 N–H and O–H groups in total. The fraction of sp³-hybridized carbons (Fsp3) is 0.444. The summed E-state index contributed by atoms with van der Waals surface area (Å²) in [6.07, 6.45) is 4.90. The summed E-state index contributed by atoms with van der Waals surface area (Å²) in [6, 6.07) is 0. The Bertz CT molecular complexity index is 228. The normalized spacial score (nSPS) is 21.8. The topological polar surface area (TPSA) is 46.5 Å². The third-order valence-corrected chi connectivity index (χ3v) is 1.59. The van der Waals surface area contributed by atoms with E-state index in [1.54, 1.807) is 25.2 Å². The van der Waals surface area contributed by atoms with Crippen molar-refractivity contribution in [2.75, 3.05) is 6.61 Å². The lowest BCUT2D eigenvalue weighted by atomic mass is 10.1. The number of carbonyl (C=O) groups is 1. The highest BCUT2D eigenvalue weighted by Crippen LogP contribution is 2.11. The molecule has 0 amide bonds. The SMILES string of the molecule is CCOC(=O)C1=CCC(O)C=C1. The molecule has 0 aliphatic heterocycles. The molecule has 0 radical (unpaired) electrons. The second kappa shape index (κ2) is 4.07. The molecular weight excluding hydrogens is 156 g/mol. The minimum absolute atomic E-state index is 0.319. The third kappa shape index (κ3) is 2.20. The van der Waals surface area contributed by atoms with Crippen LogP contribution in [-0.4, -0.2) is 23.8 Å². The van der Waals surface area contributed by atoms with Crippen molar-refractivity contribution >= 4 is 5.97 Å². The number of esters is 1. The van der Waals surface area contributed by atoms with Gasteiger partial charge in [0.1, 0.15) is 0 Å². The molecule has 0 spiro atoms. The van der Waals surface area contributed by atoms with E-state index in [9.17, 15) is 4.79 Å². The Hall–Kier alpha value is -1.09. The maximum absolute atomic E-state index is 11.1. The Morgan fingerprint density at radius 2 is 2.58 bits per heavy atom. The quantitative estimate of drug-likeness (QED) is 0.620. The van der Waals surface area contributed by atoms with E-state index in [1.807, 2.05) is 0 Å². The van der Waals surface area contributed by atoms with E-state index in [0.717, 1.165) is 0 Å². The lowest BCUT2D eigenvalue weighted by molar-refractivity contribution is -0.138. The molecule has 3 nitrogen and oxygen atoms in total. The number of aliphatic hydroxyl groups is 1. The first-order chi connectivity index (χ1) is 5.74. The van der Waals surface area contributed by atoms with E-state index >= 15 is 0 Å². The smallest absolute Gasteiger partial charge is 0.337 e. The van der Waals surface area contributed by atoms with Crippen LogP contribution in [-0.2, 0) is 9.53 Å². The van der Waals surface area contributed by atoms with Crippen molar-refractivity contribution in [1.82, 2.24) is 0 Å². The standard InChI is InChI=1S/C9H12O3/c1-2-12-9(11)7-3-5-8(10)6-4-7/h3-5,8,10H,2,6H2,1H3. The van der Waals surface area contributed by atoms with Gasteiger partial charge in [0.05, 0.1) is 18.3 Å². The Kier molecular flexibility index (Phi) is 3.05. The molecule has 1 aliphatic carbocycles. The van der Waals surface area contributed by atoms with Gasteiger partial charge < -0.3 is 9.84 Å². The first-order valence-corrected chi connectivity index (χ1v) is 3.97. The molecule has 1 rings (SSSR count). The van der Waals surface area contributed by atoms with Gasteiger partial charge in [0.2, 0.25) is 0 Å². The molecule has 12 heavy (non-hydrogen) atoms. The van der Waals surface area contributed by atoms with Crippen molar-refractivity contribution in [3.63, 3.8) is 0 Å². The fourth-order valence-electron chi connectivity index (χ4n) is 0.975. The Morgan fingerprint density at radius 3 is 3.08 bits per heavy atom. The predicted octanol–water partition coefficient (Wildman–Crippen LogP) is 0.797. The molecule has 0 aromatic rings. The summed E-state index contributed by atoms with van der Waals surface area (Å²) < 4.78 is 4.78. The second-order valence-electron chi connectivity index (χ2n) is 2.54. The van der Waals surface area contributed by atoms with Crippen LogP contribution in [0.3, 0.4) is 0 Å². The van der Waals surface area contributed by atoms with Crippen molar-refractivity contribution in [3.05, 3.63) is 23.8 Å². The molecule has 0 heterocycles. The summed E-state index contributed by atoms with van der Waals surface area (Å²) in [6.45, 7) is 2.15. The molecule has 1 aliphatic rings. The van der Waals surface area contributed by atoms with Gasteiger partial charge in [0.15, 0.2) is 0 Å². The molecule has 66 valence electrons. The lowest BCUT2D eigenvalue weighted by Gasteiger charge is -2.09. The van der Waals surface area contributed by atoms with E-state index in [0.29, 0.717) is 18.6 Å². The second-order valence-corrected chi connectivity index (χ2v) is 2.54. The molecule has 0 saturated heterocycles. The highest BCUT2D eigenvalue weighted by atomic mass is 16.5. The van der Waals surface area contributed by atoms with Gasteiger partial charge in [-0.25, -0.2) is 4.79 Å². The van der Waals surface area contributed by atoms with Gasteiger partial charge in [0, 0.05) is 0 Å². The van der Waals surface area contributed by atoms with Crippen LogP contribution in [0.25, 0.3) is 0 Å². The van der Waals surface area contributed by atoms with Crippen LogP contribution in [0.4, 0.5) is 0 Å². The molecule has 0 bridgehead atoms. The van der Waals surface area contributed by atoms with Crippen molar-refractivity contribution in [2.45, 2.75) is 19.4 Å². The van der Waals surface area contributed by atoms with Crippen molar-refractivity contribution in [3.8, 4) is 0 Å². The average Bonchev–Trinajstić information content (AvgIpc) is 2.06. The zero-order chi connectivity index (χ0) is 8.97. The summed E-state index contributed by atoms with van der Waals surface area (Å²) in [5.74, 6) is -0.319. The van der Waals surface area contributed by atoms with Gasteiger partial charge >= 0.3 is 5.97 Å². The fourth-order valence-corrected chi connectivity index (χ4v) is 0.975. The highest BCUT2D eigenvalue weighted by Gasteiger charge is 2.11. The monoisotopic (exact) mass is 168 g/mol. The number of carbonyl (C=O) groups excluding carboxylic acids is 1. The number of hydrogen-bond acceptors (Lipinski definition) is 3. The van der Waals surface area contributed by atoms with Crippen LogP contribution in [0.5, 0.6) is 0 Å². The van der Waals surface area contributed by atoms with Crippen molar-refractivity contribution < 1.29 is 14.6 Å². The number of aliphatic hydroxyl groups excluding tert-OH is 1. The summed E-state index contributed by atoms with van der Waals surface area (Å²) in [5, 5.41) is 9.06. The van der Waals surface area contributed by atoms with Crippen LogP contribution in [0.15, 0.2) is 23.8 Å². The number of rotatable bonds is 2. The van der Waals surface area contributed by atoms with Gasteiger partial charge in [-0.2, -0.15) is 0 Å². The minimum Gasteiger partial charge on any atom is -0.462 e. The first kappa shape index (κ1) is 9.00. The van der Waals surface area contributed by atoms with Gasteiger partial charge in [-0.3, -0.25) is 0 Å². The molecule has 1 unspecified atom stereocenters. The molecule has 3 heteroatoms. The van der Waals surface area contributed by atoms with Gasteiger partial charge in [-0.05, 0) is 19.4 Å². The van der Waals surface area contributed by atoms with E-state index in [2.05, 4.69) is 0 Å². The van der Waals surface area contributed by atoms with E-state index < -0.39 is 6.10 Å². The molecule has 1 atom stereocenters. The average molecular weight is 168 g/mol. The van der Waals surface area contributed by atoms with E-state index in [1.165, 1.54) is 0 Å². The maximum atomic E-state index is 11.1. The summed E-state index contributed by atoms with van der Waals surface area (Å²) >= 11 is 0. The third-order valence-electron chi connectivity index (χ3n) is 1.59. The van der Waals surface area contributed by atoms with Crippen molar-refractivity contribution in [1.29, 1.82) is 0 Å². The molecule has 0 saturated carbocycles. The first-order valence-electron chi connectivity index (χ1n) is 3.97. The molecule has 0 aromatic carbocycles. The van der Waals surface area contributed by atoms with Gasteiger partial charge in [-0.1, -0.05) is 12.2 Å². The summed E-state index contributed by atoms with van der Waals surface area (Å²) in [5.41, 5.74) is 0.530. The predicted molar refractivity (Wildman–Crippen MR) is 44.5 cm³/mol. The summed E-state index contributed by atoms with van der Waals surface area (Å²) in [4.78, 5) is 11.1. The highest BCUT2D eigenvalue weighted by molar-refractivity contribution is 5.91. The minimum atomic E-state index is -0.455. The number of hydrogen-bond donors (Lipinski definition) is 1. The van der Waals surface area contributed by atoms with Crippen LogP contribution >= 0.6 is 0 Å².